The van der Waals surface area contributed by atoms with Crippen molar-refractivity contribution in [3.63, 3.8) is 0 Å². The molecule has 2 unspecified atom stereocenters. The summed E-state index contributed by atoms with van der Waals surface area (Å²) in [5.74, 6) is 1.63. The molecule has 7 heteroatoms. The van der Waals surface area contributed by atoms with Gasteiger partial charge in [0.05, 0.1) is 11.4 Å². The van der Waals surface area contributed by atoms with E-state index in [0.29, 0.717) is 21.8 Å². The third-order valence-corrected chi connectivity index (χ3v) is 7.06. The van der Waals surface area contributed by atoms with Gasteiger partial charge in [-0.25, -0.2) is 0 Å². The van der Waals surface area contributed by atoms with Crippen LogP contribution in [0.3, 0.4) is 0 Å². The maximum absolute atomic E-state index is 12.7. The average Bonchev–Trinajstić information content (AvgIpc) is 3.18. The molecule has 4 rings (SSSR count). The van der Waals surface area contributed by atoms with Crippen LogP contribution in [0.5, 0.6) is 0 Å². The van der Waals surface area contributed by atoms with Crippen LogP contribution in [0.1, 0.15) is 38.2 Å². The predicted molar refractivity (Wildman–Crippen MR) is 127 cm³/mol. The van der Waals surface area contributed by atoms with Crippen LogP contribution in [0.25, 0.3) is 17.1 Å². The lowest BCUT2D eigenvalue weighted by Crippen LogP contribution is -2.41. The number of halogens is 1. The van der Waals surface area contributed by atoms with E-state index in [-0.39, 0.29) is 11.9 Å². The van der Waals surface area contributed by atoms with Crippen LogP contribution < -0.4 is 5.32 Å². The van der Waals surface area contributed by atoms with Gasteiger partial charge in [0, 0.05) is 16.6 Å². The van der Waals surface area contributed by atoms with Gasteiger partial charge >= 0.3 is 0 Å². The number of carbonyl (C=O) groups excluding carboxylic acids is 1. The zero-order chi connectivity index (χ0) is 21.8. The highest BCUT2D eigenvalue weighted by Crippen LogP contribution is 2.30. The topological polar surface area (TPSA) is 59.8 Å². The summed E-state index contributed by atoms with van der Waals surface area (Å²) in [4.78, 5) is 12.7. The monoisotopic (exact) mass is 454 g/mol. The number of hydrogen-bond acceptors (Lipinski definition) is 4. The Balaban J connectivity index is 1.58. The van der Waals surface area contributed by atoms with Gasteiger partial charge < -0.3 is 5.32 Å². The Kier molecular flexibility index (Phi) is 6.98. The van der Waals surface area contributed by atoms with Crippen LogP contribution in [-0.4, -0.2) is 32.5 Å². The highest BCUT2D eigenvalue weighted by atomic mass is 35.5. The Morgan fingerprint density at radius 1 is 1.13 bits per heavy atom. The van der Waals surface area contributed by atoms with Crippen LogP contribution >= 0.6 is 23.4 Å². The van der Waals surface area contributed by atoms with Crippen molar-refractivity contribution < 1.29 is 4.79 Å². The molecule has 1 N–H and O–H groups in total. The second-order valence-corrected chi connectivity index (χ2v) is 9.54. The fraction of sp³-hybridized carbons (Fsp3) is 0.375. The largest absolute Gasteiger partial charge is 0.352 e. The number of para-hydroxylation sites is 1. The summed E-state index contributed by atoms with van der Waals surface area (Å²) in [6.07, 6.45) is 4.70. The van der Waals surface area contributed by atoms with Crippen LogP contribution in [0.4, 0.5) is 0 Å². The fourth-order valence-corrected chi connectivity index (χ4v) is 4.97. The molecule has 2 aromatic carbocycles. The minimum absolute atomic E-state index is 0.0520. The van der Waals surface area contributed by atoms with E-state index in [1.165, 1.54) is 31.0 Å². The Bertz CT molecular complexity index is 1050. The molecule has 1 fully saturated rings. The molecule has 0 spiro atoms. The molecule has 0 aliphatic heterocycles. The van der Waals surface area contributed by atoms with Crippen molar-refractivity contribution in [1.29, 1.82) is 0 Å². The Morgan fingerprint density at radius 3 is 2.61 bits per heavy atom. The van der Waals surface area contributed by atoms with Crippen LogP contribution in [0.2, 0.25) is 5.02 Å². The molecule has 1 aliphatic carbocycles. The molecule has 0 bridgehead atoms. The summed E-state index contributed by atoms with van der Waals surface area (Å²) in [5, 5.41) is 13.5. The van der Waals surface area contributed by atoms with E-state index in [1.807, 2.05) is 47.0 Å². The molecule has 1 aliphatic rings. The zero-order valence-corrected chi connectivity index (χ0v) is 19.4. The smallest absolute Gasteiger partial charge is 0.230 e. The van der Waals surface area contributed by atoms with E-state index in [2.05, 4.69) is 35.4 Å². The number of nitrogens with one attached hydrogen (secondary N) is 1. The number of rotatable bonds is 6. The van der Waals surface area contributed by atoms with Gasteiger partial charge in [-0.3, -0.25) is 9.36 Å². The van der Waals surface area contributed by atoms with E-state index < -0.39 is 0 Å². The first-order valence-corrected chi connectivity index (χ1v) is 12.1. The molecule has 162 valence electrons. The first-order chi connectivity index (χ1) is 15.0. The maximum Gasteiger partial charge on any atom is 0.230 e. The number of aromatic nitrogens is 3. The standard InChI is InChI=1S/C24H27ClN4OS/c1-16-7-3-5-9-20(16)26-22(30)15-31-24-28-27-23(18-11-13-19(25)14-12-18)29(24)21-10-6-4-8-17(21)2/h4,6,8,10-14,16,20H,3,5,7,9,15H2,1-2H3,(H,26,30). The summed E-state index contributed by atoms with van der Waals surface area (Å²) in [6, 6.07) is 16.0. The normalized spacial score (nSPS) is 18.7. The average molecular weight is 455 g/mol. The van der Waals surface area contributed by atoms with Crippen molar-refractivity contribution in [2.24, 2.45) is 5.92 Å². The molecule has 1 saturated carbocycles. The van der Waals surface area contributed by atoms with Gasteiger partial charge in [0.15, 0.2) is 11.0 Å². The van der Waals surface area contributed by atoms with Crippen LogP contribution in [-0.2, 0) is 4.79 Å². The van der Waals surface area contributed by atoms with Crippen molar-refractivity contribution >= 4 is 29.3 Å². The third-order valence-electron chi connectivity index (χ3n) is 5.88. The number of hydrogen-bond donors (Lipinski definition) is 1. The van der Waals surface area contributed by atoms with E-state index in [4.69, 9.17) is 11.6 Å². The Hall–Kier alpha value is -2.31. The second kappa shape index (κ2) is 9.88. The minimum Gasteiger partial charge on any atom is -0.352 e. The van der Waals surface area contributed by atoms with E-state index in [1.54, 1.807) is 0 Å². The number of benzene rings is 2. The Labute approximate surface area is 192 Å². The highest BCUT2D eigenvalue weighted by Gasteiger charge is 2.24. The fourth-order valence-electron chi connectivity index (χ4n) is 4.09. The lowest BCUT2D eigenvalue weighted by molar-refractivity contribution is -0.119. The zero-order valence-electron chi connectivity index (χ0n) is 17.8. The van der Waals surface area contributed by atoms with Crippen molar-refractivity contribution in [3.05, 3.63) is 59.1 Å². The molecule has 2 atom stereocenters. The summed E-state index contributed by atoms with van der Waals surface area (Å²) in [6.45, 7) is 4.29. The van der Waals surface area contributed by atoms with Crippen molar-refractivity contribution in [3.8, 4) is 17.1 Å². The number of aryl methyl sites for hydroxylation is 1. The summed E-state index contributed by atoms with van der Waals surface area (Å²) >= 11 is 7.49. The molecule has 0 radical (unpaired) electrons. The lowest BCUT2D eigenvalue weighted by Gasteiger charge is -2.29. The molecule has 1 amide bonds. The van der Waals surface area contributed by atoms with E-state index >= 15 is 0 Å². The maximum atomic E-state index is 12.7. The first kappa shape index (κ1) is 21.9. The number of thioether (sulfide) groups is 1. The summed E-state index contributed by atoms with van der Waals surface area (Å²) < 4.78 is 2.03. The summed E-state index contributed by atoms with van der Waals surface area (Å²) in [7, 11) is 0. The molecule has 31 heavy (non-hydrogen) atoms. The van der Waals surface area contributed by atoms with Gasteiger partial charge in [0.1, 0.15) is 0 Å². The lowest BCUT2D eigenvalue weighted by atomic mass is 9.86. The number of carbonyl (C=O) groups is 1. The van der Waals surface area contributed by atoms with Crippen molar-refractivity contribution in [2.45, 2.75) is 50.7 Å². The van der Waals surface area contributed by atoms with Crippen molar-refractivity contribution in [1.82, 2.24) is 20.1 Å². The molecule has 1 aromatic heterocycles. The molecule has 0 saturated heterocycles. The van der Waals surface area contributed by atoms with Gasteiger partial charge in [-0.2, -0.15) is 0 Å². The van der Waals surface area contributed by atoms with E-state index in [0.717, 1.165) is 29.1 Å². The minimum atomic E-state index is 0.0520. The molecule has 5 nitrogen and oxygen atoms in total. The van der Waals surface area contributed by atoms with Gasteiger partial charge in [-0.1, -0.05) is 61.3 Å². The van der Waals surface area contributed by atoms with E-state index in [9.17, 15) is 4.79 Å². The number of nitrogens with zero attached hydrogens (tertiary/aromatic N) is 3. The third kappa shape index (κ3) is 5.13. The Morgan fingerprint density at radius 2 is 1.87 bits per heavy atom. The van der Waals surface area contributed by atoms with Gasteiger partial charge in [-0.15, -0.1) is 10.2 Å². The van der Waals surface area contributed by atoms with Gasteiger partial charge in [0.25, 0.3) is 0 Å². The van der Waals surface area contributed by atoms with Crippen LogP contribution in [0.15, 0.2) is 53.7 Å². The predicted octanol–water partition coefficient (Wildman–Crippen LogP) is 5.68. The van der Waals surface area contributed by atoms with Crippen LogP contribution in [0, 0.1) is 12.8 Å². The molecule has 3 aromatic rings. The molecular weight excluding hydrogens is 428 g/mol. The quantitative estimate of drug-likeness (QED) is 0.486. The molecular formula is C24H27ClN4OS. The van der Waals surface area contributed by atoms with Crippen molar-refractivity contribution in [2.75, 3.05) is 5.75 Å². The summed E-state index contributed by atoms with van der Waals surface area (Å²) in [5.41, 5.74) is 3.04. The SMILES string of the molecule is Cc1ccccc1-n1c(SCC(=O)NC2CCCCC2C)nnc1-c1ccc(Cl)cc1. The van der Waals surface area contributed by atoms with Gasteiger partial charge in [-0.05, 0) is 61.6 Å². The second-order valence-electron chi connectivity index (χ2n) is 8.16. The first-order valence-electron chi connectivity index (χ1n) is 10.7. The molecule has 1 heterocycles. The number of amides is 1. The highest BCUT2D eigenvalue weighted by molar-refractivity contribution is 7.99. The van der Waals surface area contributed by atoms with Gasteiger partial charge in [0.2, 0.25) is 5.91 Å².